The average Bonchev–Trinajstić information content (AvgIpc) is 3.04. The predicted molar refractivity (Wildman–Crippen MR) is 81.9 cm³/mol. The maximum atomic E-state index is 13.6. The zero-order valence-corrected chi connectivity index (χ0v) is 12.5. The lowest BCUT2D eigenvalue weighted by Gasteiger charge is -2.03. The number of aromatic nitrogens is 4. The van der Waals surface area contributed by atoms with Crippen LogP contribution in [0.1, 0.15) is 5.56 Å². The van der Waals surface area contributed by atoms with Crippen LogP contribution in [0.2, 0.25) is 0 Å². The number of hydrogen-bond acceptors (Lipinski definition) is 5. The number of tetrazole rings is 1. The molecule has 24 heavy (non-hydrogen) atoms. The number of benzene rings is 2. The fraction of sp³-hybridized carbons (Fsp3) is 0.125. The molecule has 0 spiro atoms. The van der Waals surface area contributed by atoms with Crippen LogP contribution in [0.5, 0.6) is 5.75 Å². The maximum absolute atomic E-state index is 13.6. The number of nitrogens with zero attached hydrogens (tertiary/aromatic N) is 4. The molecule has 3 rings (SSSR count). The summed E-state index contributed by atoms with van der Waals surface area (Å²) in [4.78, 5) is 11.8. The van der Waals surface area contributed by atoms with Crippen molar-refractivity contribution in [3.63, 3.8) is 0 Å². The Hall–Kier alpha value is -3.29. The Balaban J connectivity index is 1.71. The minimum atomic E-state index is -1.04. The lowest BCUT2D eigenvalue weighted by molar-refractivity contribution is -0.139. The molecule has 3 aromatic rings. The van der Waals surface area contributed by atoms with Gasteiger partial charge in [0.15, 0.2) is 6.61 Å². The normalized spacial score (nSPS) is 10.5. The van der Waals surface area contributed by atoms with Gasteiger partial charge in [-0.05, 0) is 35.5 Å². The first-order valence-electron chi connectivity index (χ1n) is 7.08. The van der Waals surface area contributed by atoms with Gasteiger partial charge in [-0.3, -0.25) is 0 Å². The van der Waals surface area contributed by atoms with Crippen LogP contribution >= 0.6 is 0 Å². The van der Waals surface area contributed by atoms with Crippen molar-refractivity contribution in [1.29, 1.82) is 0 Å². The molecule has 0 fully saturated rings. The van der Waals surface area contributed by atoms with Gasteiger partial charge in [-0.15, -0.1) is 10.2 Å². The second kappa shape index (κ2) is 6.86. The van der Waals surface area contributed by atoms with Crippen LogP contribution < -0.4 is 4.74 Å². The second-order valence-electron chi connectivity index (χ2n) is 4.94. The highest BCUT2D eigenvalue weighted by molar-refractivity contribution is 5.68. The second-order valence-corrected chi connectivity index (χ2v) is 4.94. The third-order valence-corrected chi connectivity index (χ3v) is 3.20. The molecule has 1 N–H and O–H groups in total. The largest absolute Gasteiger partial charge is 0.482 e. The van der Waals surface area contributed by atoms with Gasteiger partial charge in [0, 0.05) is 11.1 Å². The summed E-state index contributed by atoms with van der Waals surface area (Å²) in [7, 11) is 0. The van der Waals surface area contributed by atoms with Crippen molar-refractivity contribution >= 4 is 5.97 Å². The minimum Gasteiger partial charge on any atom is -0.482 e. The van der Waals surface area contributed by atoms with Gasteiger partial charge in [0.25, 0.3) is 0 Å². The van der Waals surface area contributed by atoms with Crippen molar-refractivity contribution in [2.24, 2.45) is 0 Å². The zero-order valence-electron chi connectivity index (χ0n) is 12.5. The van der Waals surface area contributed by atoms with Crippen LogP contribution in [-0.2, 0) is 11.3 Å². The molecular weight excluding hydrogens is 315 g/mol. The van der Waals surface area contributed by atoms with Crippen LogP contribution in [-0.4, -0.2) is 37.9 Å². The van der Waals surface area contributed by atoms with Crippen LogP contribution in [0.15, 0.2) is 48.5 Å². The molecule has 0 aliphatic rings. The van der Waals surface area contributed by atoms with Gasteiger partial charge in [0.1, 0.15) is 11.6 Å². The summed E-state index contributed by atoms with van der Waals surface area (Å²) in [5.41, 5.74) is 1.16. The van der Waals surface area contributed by atoms with E-state index < -0.39 is 12.6 Å². The number of halogens is 1. The Morgan fingerprint density at radius 2 is 1.92 bits per heavy atom. The molecule has 0 aliphatic heterocycles. The minimum absolute atomic E-state index is 0.180. The van der Waals surface area contributed by atoms with Crippen molar-refractivity contribution in [3.05, 3.63) is 59.9 Å². The Labute approximate surface area is 136 Å². The standard InChI is InChI=1S/C16H13FN4O3/c17-14-4-2-1-3-12(14)9-21-19-16(18-20-21)11-5-7-13(8-6-11)24-10-15(22)23/h1-8H,9-10H2,(H,22,23). The van der Waals surface area contributed by atoms with E-state index in [2.05, 4.69) is 15.4 Å². The summed E-state index contributed by atoms with van der Waals surface area (Å²) in [5, 5.41) is 20.6. The first-order chi connectivity index (χ1) is 11.6. The van der Waals surface area contributed by atoms with E-state index >= 15 is 0 Å². The van der Waals surface area contributed by atoms with E-state index in [0.29, 0.717) is 22.7 Å². The third kappa shape index (κ3) is 3.72. The molecule has 1 aromatic heterocycles. The molecule has 8 heteroatoms. The van der Waals surface area contributed by atoms with Gasteiger partial charge >= 0.3 is 5.97 Å². The van der Waals surface area contributed by atoms with Gasteiger partial charge in [-0.2, -0.15) is 4.80 Å². The molecule has 1 heterocycles. The molecule has 0 unspecified atom stereocenters. The van der Waals surface area contributed by atoms with Gasteiger partial charge in [-0.1, -0.05) is 18.2 Å². The van der Waals surface area contributed by atoms with Crippen molar-refractivity contribution in [1.82, 2.24) is 20.2 Å². The van der Waals surface area contributed by atoms with E-state index in [0.717, 1.165) is 0 Å². The molecule has 0 saturated heterocycles. The van der Waals surface area contributed by atoms with E-state index in [4.69, 9.17) is 9.84 Å². The molecule has 122 valence electrons. The Kier molecular flexibility index (Phi) is 4.46. The number of carboxylic acids is 1. The molecule has 0 amide bonds. The fourth-order valence-corrected chi connectivity index (χ4v) is 2.05. The van der Waals surface area contributed by atoms with E-state index in [1.807, 2.05) is 0 Å². The summed E-state index contributed by atoms with van der Waals surface area (Å²) in [6.45, 7) is -0.226. The summed E-state index contributed by atoms with van der Waals surface area (Å²) in [6.07, 6.45) is 0. The molecule has 0 radical (unpaired) electrons. The number of hydrogen-bond donors (Lipinski definition) is 1. The number of rotatable bonds is 6. The van der Waals surface area contributed by atoms with Gasteiger partial charge < -0.3 is 9.84 Å². The van der Waals surface area contributed by atoms with E-state index in [1.54, 1.807) is 42.5 Å². The summed E-state index contributed by atoms with van der Waals surface area (Å²) >= 11 is 0. The molecule has 7 nitrogen and oxygen atoms in total. The molecule has 0 bridgehead atoms. The summed E-state index contributed by atoms with van der Waals surface area (Å²) in [5.74, 6) is -0.552. The quantitative estimate of drug-likeness (QED) is 0.744. The van der Waals surface area contributed by atoms with Crippen LogP contribution in [0.3, 0.4) is 0 Å². The molecule has 0 aliphatic carbocycles. The average molecular weight is 328 g/mol. The summed E-state index contributed by atoms with van der Waals surface area (Å²) < 4.78 is 18.7. The maximum Gasteiger partial charge on any atom is 0.341 e. The van der Waals surface area contributed by atoms with Crippen molar-refractivity contribution < 1.29 is 19.0 Å². The monoisotopic (exact) mass is 328 g/mol. The first kappa shape index (κ1) is 15.6. The molecule has 0 saturated carbocycles. The Morgan fingerprint density at radius 3 is 2.62 bits per heavy atom. The molecular formula is C16H13FN4O3. The number of ether oxygens (including phenoxy) is 1. The van der Waals surface area contributed by atoms with Gasteiger partial charge in [-0.25, -0.2) is 9.18 Å². The highest BCUT2D eigenvalue weighted by Crippen LogP contribution is 2.19. The number of carboxylic acid groups (broad SMARTS) is 1. The van der Waals surface area contributed by atoms with Crippen molar-refractivity contribution in [2.75, 3.05) is 6.61 Å². The Bertz CT molecular complexity index is 849. The summed E-state index contributed by atoms with van der Waals surface area (Å²) in [6, 6.07) is 13.0. The van der Waals surface area contributed by atoms with E-state index in [9.17, 15) is 9.18 Å². The highest BCUT2D eigenvalue weighted by Gasteiger charge is 2.09. The fourth-order valence-electron chi connectivity index (χ4n) is 2.05. The smallest absolute Gasteiger partial charge is 0.341 e. The first-order valence-corrected chi connectivity index (χ1v) is 7.08. The van der Waals surface area contributed by atoms with E-state index in [1.165, 1.54) is 10.9 Å². The molecule has 0 atom stereocenters. The van der Waals surface area contributed by atoms with Gasteiger partial charge in [0.2, 0.25) is 5.82 Å². The van der Waals surface area contributed by atoms with Crippen molar-refractivity contribution in [2.45, 2.75) is 6.54 Å². The zero-order chi connectivity index (χ0) is 16.9. The lowest BCUT2D eigenvalue weighted by Crippen LogP contribution is -2.09. The Morgan fingerprint density at radius 1 is 1.17 bits per heavy atom. The number of carbonyl (C=O) groups is 1. The van der Waals surface area contributed by atoms with Crippen LogP contribution in [0.25, 0.3) is 11.4 Å². The molecule has 2 aromatic carbocycles. The van der Waals surface area contributed by atoms with Crippen molar-refractivity contribution in [3.8, 4) is 17.1 Å². The number of aliphatic carboxylic acids is 1. The predicted octanol–water partition coefficient (Wildman–Crippen LogP) is 1.99. The lowest BCUT2D eigenvalue weighted by atomic mass is 10.2. The van der Waals surface area contributed by atoms with Crippen LogP contribution in [0, 0.1) is 5.82 Å². The highest BCUT2D eigenvalue weighted by atomic mass is 19.1. The van der Waals surface area contributed by atoms with Crippen LogP contribution in [0.4, 0.5) is 4.39 Å². The van der Waals surface area contributed by atoms with E-state index in [-0.39, 0.29) is 12.4 Å². The van der Waals surface area contributed by atoms with Gasteiger partial charge in [0.05, 0.1) is 6.54 Å². The topological polar surface area (TPSA) is 90.1 Å². The SMILES string of the molecule is O=C(O)COc1ccc(-c2nnn(Cc3ccccc3F)n2)cc1. The third-order valence-electron chi connectivity index (χ3n) is 3.20.